The Morgan fingerprint density at radius 3 is 2.71 bits per heavy atom. The molecule has 0 radical (unpaired) electrons. The molecule has 0 spiro atoms. The number of hydrogen-bond donors (Lipinski definition) is 2. The van der Waals surface area contributed by atoms with Gasteiger partial charge in [0.2, 0.25) is 5.13 Å². The minimum absolute atomic E-state index is 0.337. The third kappa shape index (κ3) is 3.45. The van der Waals surface area contributed by atoms with Gasteiger partial charge in [0.15, 0.2) is 0 Å². The Bertz CT molecular complexity index is 802. The monoisotopic (exact) mass is 372 g/mol. The number of anilines is 1. The zero-order chi connectivity index (χ0) is 17.4. The molecule has 3 N–H and O–H groups in total. The van der Waals surface area contributed by atoms with Gasteiger partial charge in [-0.2, -0.15) is 13.2 Å². The topological polar surface area (TPSA) is 63.8 Å². The van der Waals surface area contributed by atoms with Gasteiger partial charge < -0.3 is 11.1 Å². The number of allylic oxidation sites excluding steroid dienone is 1. The highest BCUT2D eigenvalue weighted by atomic mass is 35.5. The maximum Gasteiger partial charge on any atom is 0.417 e. The quantitative estimate of drug-likeness (QED) is 0.842. The summed E-state index contributed by atoms with van der Waals surface area (Å²) in [6, 6.07) is 3.74. The molecule has 1 aromatic heterocycles. The van der Waals surface area contributed by atoms with E-state index in [0.717, 1.165) is 11.8 Å². The van der Waals surface area contributed by atoms with Gasteiger partial charge in [0.1, 0.15) is 5.51 Å². The van der Waals surface area contributed by atoms with E-state index in [1.807, 2.05) is 6.08 Å². The van der Waals surface area contributed by atoms with E-state index in [-0.39, 0.29) is 5.02 Å². The zero-order valence-corrected chi connectivity index (χ0v) is 13.7. The number of nitrogens with zero attached hydrogens (tertiary/aromatic N) is 2. The number of nitrogens with two attached hydrogens (primary N) is 1. The van der Waals surface area contributed by atoms with Crippen LogP contribution in [0.5, 0.6) is 0 Å². The molecule has 24 heavy (non-hydrogen) atoms. The lowest BCUT2D eigenvalue weighted by molar-refractivity contribution is -0.137. The lowest BCUT2D eigenvalue weighted by Gasteiger charge is -2.29. The third-order valence-electron chi connectivity index (χ3n) is 3.64. The highest BCUT2D eigenvalue weighted by molar-refractivity contribution is 7.13. The minimum Gasteiger partial charge on any atom is -0.330 e. The summed E-state index contributed by atoms with van der Waals surface area (Å²) in [4.78, 5) is 0. The molecule has 1 aromatic carbocycles. The van der Waals surface area contributed by atoms with Crippen LogP contribution in [0.25, 0.3) is 0 Å². The molecule has 3 rings (SSSR count). The number of halogens is 4. The Labute approximate surface area is 144 Å². The van der Waals surface area contributed by atoms with Crippen LogP contribution in [0.15, 0.2) is 47.6 Å². The van der Waals surface area contributed by atoms with E-state index in [0.29, 0.717) is 17.1 Å². The van der Waals surface area contributed by atoms with Gasteiger partial charge in [-0.05, 0) is 30.2 Å². The zero-order valence-electron chi connectivity index (χ0n) is 12.1. The summed E-state index contributed by atoms with van der Waals surface area (Å²) >= 11 is 7.00. The van der Waals surface area contributed by atoms with Crippen LogP contribution in [-0.2, 0) is 11.7 Å². The first-order valence-electron chi connectivity index (χ1n) is 6.87. The number of aromatic nitrogens is 2. The maximum absolute atomic E-state index is 13.0. The summed E-state index contributed by atoms with van der Waals surface area (Å²) in [5, 5.41) is 10.9. The molecule has 0 saturated heterocycles. The molecule has 1 atom stereocenters. The molecular weight excluding hydrogens is 361 g/mol. The lowest BCUT2D eigenvalue weighted by atomic mass is 9.83. The van der Waals surface area contributed by atoms with E-state index in [1.54, 1.807) is 17.7 Å². The molecule has 1 aliphatic rings. The summed E-state index contributed by atoms with van der Waals surface area (Å²) in [7, 11) is 0. The van der Waals surface area contributed by atoms with Crippen molar-refractivity contribution < 1.29 is 13.2 Å². The van der Waals surface area contributed by atoms with Crippen molar-refractivity contribution in [2.24, 2.45) is 5.73 Å². The van der Waals surface area contributed by atoms with Gasteiger partial charge >= 0.3 is 6.18 Å². The average Bonchev–Trinajstić information content (AvgIpc) is 3.02. The fourth-order valence-corrected chi connectivity index (χ4v) is 3.03. The van der Waals surface area contributed by atoms with Crippen molar-refractivity contribution in [1.29, 1.82) is 0 Å². The largest absolute Gasteiger partial charge is 0.417 e. The van der Waals surface area contributed by atoms with E-state index in [4.69, 9.17) is 17.3 Å². The Kier molecular flexibility index (Phi) is 4.37. The SMILES string of the molecule is NC1(c2ccc(Cl)c(C(F)(F)F)c2)C=CC(Nc2nncs2)=CC1. The third-order valence-corrected chi connectivity index (χ3v) is 4.58. The molecule has 1 unspecified atom stereocenters. The second-order valence-corrected chi connectivity index (χ2v) is 6.54. The Morgan fingerprint density at radius 1 is 1.33 bits per heavy atom. The van der Waals surface area contributed by atoms with Gasteiger partial charge in [-0.1, -0.05) is 41.2 Å². The molecule has 4 nitrogen and oxygen atoms in total. The Balaban J connectivity index is 1.83. The van der Waals surface area contributed by atoms with E-state index >= 15 is 0 Å². The first-order valence-corrected chi connectivity index (χ1v) is 8.12. The van der Waals surface area contributed by atoms with Crippen LogP contribution in [0.4, 0.5) is 18.3 Å². The van der Waals surface area contributed by atoms with Crippen LogP contribution in [0.1, 0.15) is 17.5 Å². The predicted molar refractivity (Wildman–Crippen MR) is 87.7 cm³/mol. The molecule has 1 heterocycles. The lowest BCUT2D eigenvalue weighted by Crippen LogP contribution is -2.35. The standard InChI is InChI=1S/C15H12ClF3N4S/c16-12-2-1-9(7-11(12)15(17,18)19)14(20)5-3-10(4-6-14)22-13-23-21-8-24-13/h1-5,7-8H,6,20H2,(H,22,23). The normalized spacial score (nSPS) is 20.8. The van der Waals surface area contributed by atoms with E-state index in [9.17, 15) is 13.2 Å². The number of hydrogen-bond acceptors (Lipinski definition) is 5. The van der Waals surface area contributed by atoms with Crippen LogP contribution in [0.2, 0.25) is 5.02 Å². The predicted octanol–water partition coefficient (Wildman–Crippen LogP) is 4.32. The van der Waals surface area contributed by atoms with Crippen molar-refractivity contribution in [3.05, 3.63) is 63.8 Å². The molecule has 2 aromatic rings. The van der Waals surface area contributed by atoms with Crippen molar-refractivity contribution in [3.63, 3.8) is 0 Å². The molecule has 126 valence electrons. The first-order chi connectivity index (χ1) is 11.3. The molecule has 0 aliphatic heterocycles. The van der Waals surface area contributed by atoms with Crippen LogP contribution >= 0.6 is 22.9 Å². The average molecular weight is 373 g/mol. The molecule has 0 bridgehead atoms. The van der Waals surface area contributed by atoms with Crippen LogP contribution in [0, 0.1) is 0 Å². The van der Waals surface area contributed by atoms with Gasteiger partial charge in [0.05, 0.1) is 16.1 Å². The molecule has 0 saturated carbocycles. The van der Waals surface area contributed by atoms with E-state index < -0.39 is 17.3 Å². The second-order valence-electron chi connectivity index (χ2n) is 5.30. The smallest absolute Gasteiger partial charge is 0.330 e. The summed E-state index contributed by atoms with van der Waals surface area (Å²) in [5.74, 6) is 0. The van der Waals surface area contributed by atoms with Gasteiger partial charge in [0.25, 0.3) is 0 Å². The molecule has 9 heteroatoms. The van der Waals surface area contributed by atoms with Gasteiger partial charge in [-0.25, -0.2) is 0 Å². The van der Waals surface area contributed by atoms with Crippen LogP contribution in [-0.4, -0.2) is 10.2 Å². The highest BCUT2D eigenvalue weighted by Crippen LogP contribution is 2.38. The maximum atomic E-state index is 13.0. The van der Waals surface area contributed by atoms with E-state index in [1.165, 1.54) is 23.5 Å². The van der Waals surface area contributed by atoms with Crippen LogP contribution in [0.3, 0.4) is 0 Å². The number of benzene rings is 1. The second kappa shape index (κ2) is 6.19. The van der Waals surface area contributed by atoms with Gasteiger partial charge in [-0.3, -0.25) is 0 Å². The van der Waals surface area contributed by atoms with Crippen LogP contribution < -0.4 is 11.1 Å². The van der Waals surface area contributed by atoms with Gasteiger partial charge in [0, 0.05) is 5.70 Å². The fraction of sp³-hybridized carbons (Fsp3) is 0.200. The van der Waals surface area contributed by atoms with Crippen molar-refractivity contribution in [1.82, 2.24) is 10.2 Å². The molecular formula is C15H12ClF3N4S. The van der Waals surface area contributed by atoms with Gasteiger partial charge in [-0.15, -0.1) is 10.2 Å². The number of rotatable bonds is 3. The molecule has 0 fully saturated rings. The molecule has 0 amide bonds. The number of alkyl halides is 3. The fourth-order valence-electron chi connectivity index (χ4n) is 2.34. The first kappa shape index (κ1) is 16.9. The Morgan fingerprint density at radius 2 is 2.12 bits per heavy atom. The minimum atomic E-state index is -4.53. The Hall–Kier alpha value is -1.90. The van der Waals surface area contributed by atoms with Crippen molar-refractivity contribution in [2.45, 2.75) is 18.1 Å². The number of nitrogens with one attached hydrogen (secondary N) is 1. The summed E-state index contributed by atoms with van der Waals surface area (Å²) in [6.45, 7) is 0. The molecule has 1 aliphatic carbocycles. The highest BCUT2D eigenvalue weighted by Gasteiger charge is 2.35. The summed E-state index contributed by atoms with van der Waals surface area (Å²) < 4.78 is 39.1. The van der Waals surface area contributed by atoms with E-state index in [2.05, 4.69) is 15.5 Å². The van der Waals surface area contributed by atoms with Crippen molar-refractivity contribution >= 4 is 28.1 Å². The van der Waals surface area contributed by atoms with Crippen molar-refractivity contribution in [2.75, 3.05) is 5.32 Å². The summed E-state index contributed by atoms with van der Waals surface area (Å²) in [6.07, 6.45) is 1.00. The van der Waals surface area contributed by atoms with Crippen molar-refractivity contribution in [3.8, 4) is 0 Å². The summed E-state index contributed by atoms with van der Waals surface area (Å²) in [5.41, 5.74) is 7.07.